The third-order valence-corrected chi connectivity index (χ3v) is 2.43. The minimum absolute atomic E-state index is 0.236. The van der Waals surface area contributed by atoms with Crippen LogP contribution in [0.3, 0.4) is 0 Å². The number of carbonyl (C=O) groups is 1. The number of hydrogen-bond donors (Lipinski definition) is 2. The van der Waals surface area contributed by atoms with Gasteiger partial charge in [0, 0.05) is 10.7 Å². The van der Waals surface area contributed by atoms with Gasteiger partial charge in [-0.05, 0) is 25.2 Å². The molecule has 0 radical (unpaired) electrons. The molecule has 0 fully saturated rings. The van der Waals surface area contributed by atoms with E-state index in [1.165, 1.54) is 6.26 Å². The van der Waals surface area contributed by atoms with E-state index < -0.39 is 0 Å². The van der Waals surface area contributed by atoms with Gasteiger partial charge in [0.15, 0.2) is 5.69 Å². The molecule has 1 aromatic carbocycles. The Kier molecular flexibility index (Phi) is 3.96. The lowest BCUT2D eigenvalue weighted by molar-refractivity contribution is 0.102. The molecule has 0 aliphatic heterocycles. The van der Waals surface area contributed by atoms with Crippen LogP contribution < -0.4 is 10.6 Å². The lowest BCUT2D eigenvalue weighted by atomic mass is 10.3. The quantitative estimate of drug-likeness (QED) is 0.890. The highest BCUT2D eigenvalue weighted by Gasteiger charge is 2.12. The summed E-state index contributed by atoms with van der Waals surface area (Å²) in [5, 5.41) is 6.14. The van der Waals surface area contributed by atoms with Gasteiger partial charge in [-0.25, -0.2) is 4.98 Å². The number of rotatable bonds is 4. The minimum Gasteiger partial charge on any atom is -0.447 e. The van der Waals surface area contributed by atoms with E-state index in [1.54, 1.807) is 31.3 Å². The molecule has 2 rings (SSSR count). The Balaban J connectivity index is 2.07. The average Bonchev–Trinajstić information content (AvgIpc) is 2.78. The van der Waals surface area contributed by atoms with Crippen LogP contribution in [-0.4, -0.2) is 17.9 Å². The van der Waals surface area contributed by atoms with Crippen LogP contribution in [0.2, 0.25) is 5.02 Å². The molecular formula is C12H12ClN3O2. The first-order valence-corrected chi connectivity index (χ1v) is 5.73. The summed E-state index contributed by atoms with van der Waals surface area (Å²) in [6, 6.07) is 6.90. The number of amides is 1. The fraction of sp³-hybridized carbons (Fsp3) is 0.167. The van der Waals surface area contributed by atoms with Gasteiger partial charge in [0.05, 0.1) is 6.54 Å². The van der Waals surface area contributed by atoms with E-state index in [0.29, 0.717) is 23.1 Å². The van der Waals surface area contributed by atoms with Crippen LogP contribution in [-0.2, 0) is 6.54 Å². The summed E-state index contributed by atoms with van der Waals surface area (Å²) < 4.78 is 5.13. The van der Waals surface area contributed by atoms with Gasteiger partial charge >= 0.3 is 0 Å². The van der Waals surface area contributed by atoms with Crippen LogP contribution in [0.1, 0.15) is 16.4 Å². The maximum Gasteiger partial charge on any atom is 0.277 e. The third kappa shape index (κ3) is 3.09. The predicted octanol–water partition coefficient (Wildman–Crippen LogP) is 2.30. The van der Waals surface area contributed by atoms with Crippen molar-refractivity contribution >= 4 is 23.2 Å². The van der Waals surface area contributed by atoms with Crippen molar-refractivity contribution in [1.29, 1.82) is 0 Å². The number of carbonyl (C=O) groups excluding carboxylic acids is 1. The van der Waals surface area contributed by atoms with Crippen molar-refractivity contribution in [2.24, 2.45) is 0 Å². The number of halogens is 1. The molecule has 1 heterocycles. The van der Waals surface area contributed by atoms with Crippen LogP contribution in [0.15, 0.2) is 34.9 Å². The lowest BCUT2D eigenvalue weighted by Gasteiger charge is -2.02. The molecule has 0 atom stereocenters. The predicted molar refractivity (Wildman–Crippen MR) is 68.7 cm³/mol. The number of benzene rings is 1. The first kappa shape index (κ1) is 12.6. The fourth-order valence-electron chi connectivity index (χ4n) is 1.41. The van der Waals surface area contributed by atoms with Gasteiger partial charge in [-0.1, -0.05) is 17.7 Å². The summed E-state index contributed by atoms with van der Waals surface area (Å²) in [5.41, 5.74) is 0.853. The van der Waals surface area contributed by atoms with Crippen LogP contribution in [0.25, 0.3) is 0 Å². The summed E-state index contributed by atoms with van der Waals surface area (Å²) in [6.45, 7) is 0.477. The molecule has 0 spiro atoms. The van der Waals surface area contributed by atoms with Gasteiger partial charge in [0.1, 0.15) is 6.26 Å². The van der Waals surface area contributed by atoms with Gasteiger partial charge in [0.2, 0.25) is 5.89 Å². The molecule has 2 N–H and O–H groups in total. The van der Waals surface area contributed by atoms with E-state index in [9.17, 15) is 4.79 Å². The number of nitrogens with zero attached hydrogens (tertiary/aromatic N) is 1. The molecule has 0 unspecified atom stereocenters. The van der Waals surface area contributed by atoms with Crippen LogP contribution in [0, 0.1) is 0 Å². The SMILES string of the molecule is CNCc1nc(C(=O)Nc2cccc(Cl)c2)co1. The van der Waals surface area contributed by atoms with Crippen molar-refractivity contribution in [3.8, 4) is 0 Å². The molecule has 0 aliphatic carbocycles. The Hall–Kier alpha value is -1.85. The van der Waals surface area contributed by atoms with Crippen LogP contribution in [0.4, 0.5) is 5.69 Å². The summed E-state index contributed by atoms with van der Waals surface area (Å²) in [6.07, 6.45) is 1.33. The van der Waals surface area contributed by atoms with Crippen molar-refractivity contribution < 1.29 is 9.21 Å². The molecule has 0 saturated heterocycles. The number of hydrogen-bond acceptors (Lipinski definition) is 4. The van der Waals surface area contributed by atoms with E-state index in [-0.39, 0.29) is 11.6 Å². The van der Waals surface area contributed by atoms with E-state index in [4.69, 9.17) is 16.0 Å². The third-order valence-electron chi connectivity index (χ3n) is 2.19. The van der Waals surface area contributed by atoms with E-state index in [2.05, 4.69) is 15.6 Å². The van der Waals surface area contributed by atoms with Gasteiger partial charge in [-0.15, -0.1) is 0 Å². The molecule has 0 aliphatic rings. The highest BCUT2D eigenvalue weighted by atomic mass is 35.5. The van der Waals surface area contributed by atoms with Crippen molar-refractivity contribution in [3.63, 3.8) is 0 Å². The minimum atomic E-state index is -0.330. The molecular weight excluding hydrogens is 254 g/mol. The normalized spacial score (nSPS) is 10.3. The average molecular weight is 266 g/mol. The van der Waals surface area contributed by atoms with Gasteiger partial charge < -0.3 is 15.1 Å². The van der Waals surface area contributed by atoms with Gasteiger partial charge in [-0.3, -0.25) is 4.79 Å². The molecule has 2 aromatic rings. The Bertz CT molecular complexity index is 554. The molecule has 1 aromatic heterocycles. The molecule has 18 heavy (non-hydrogen) atoms. The molecule has 0 saturated carbocycles. The molecule has 94 valence electrons. The van der Waals surface area contributed by atoms with E-state index in [1.807, 2.05) is 0 Å². The van der Waals surface area contributed by atoms with Crippen molar-refractivity contribution in [2.45, 2.75) is 6.54 Å². The Morgan fingerprint density at radius 2 is 2.33 bits per heavy atom. The second kappa shape index (κ2) is 5.66. The maximum absolute atomic E-state index is 11.8. The highest BCUT2D eigenvalue weighted by Crippen LogP contribution is 2.15. The summed E-state index contributed by atoms with van der Waals surface area (Å²) in [7, 11) is 1.77. The van der Waals surface area contributed by atoms with Gasteiger partial charge in [-0.2, -0.15) is 0 Å². The maximum atomic E-state index is 11.8. The Morgan fingerprint density at radius 1 is 1.50 bits per heavy atom. The van der Waals surface area contributed by atoms with Crippen molar-refractivity contribution in [3.05, 3.63) is 47.1 Å². The summed E-state index contributed by atoms with van der Waals surface area (Å²) in [5.74, 6) is 0.136. The highest BCUT2D eigenvalue weighted by molar-refractivity contribution is 6.30. The molecule has 1 amide bonds. The molecule has 6 heteroatoms. The zero-order chi connectivity index (χ0) is 13.0. The summed E-state index contributed by atoms with van der Waals surface area (Å²) in [4.78, 5) is 15.9. The number of anilines is 1. The Morgan fingerprint density at radius 3 is 3.06 bits per heavy atom. The first-order chi connectivity index (χ1) is 8.69. The molecule has 5 nitrogen and oxygen atoms in total. The van der Waals surface area contributed by atoms with Crippen LogP contribution >= 0.6 is 11.6 Å². The van der Waals surface area contributed by atoms with E-state index in [0.717, 1.165) is 0 Å². The second-order valence-electron chi connectivity index (χ2n) is 3.62. The lowest BCUT2D eigenvalue weighted by Crippen LogP contribution is -2.13. The zero-order valence-electron chi connectivity index (χ0n) is 9.74. The van der Waals surface area contributed by atoms with E-state index >= 15 is 0 Å². The number of aromatic nitrogens is 1. The first-order valence-electron chi connectivity index (χ1n) is 5.35. The van der Waals surface area contributed by atoms with Crippen molar-refractivity contribution in [2.75, 3.05) is 12.4 Å². The standard InChI is InChI=1S/C12H12ClN3O2/c1-14-6-11-16-10(7-18-11)12(17)15-9-4-2-3-8(13)5-9/h2-5,7,14H,6H2,1H3,(H,15,17). The van der Waals surface area contributed by atoms with Gasteiger partial charge in [0.25, 0.3) is 5.91 Å². The zero-order valence-corrected chi connectivity index (χ0v) is 10.5. The van der Waals surface area contributed by atoms with Crippen LogP contribution in [0.5, 0.6) is 0 Å². The smallest absolute Gasteiger partial charge is 0.277 e. The number of oxazole rings is 1. The monoisotopic (exact) mass is 265 g/mol. The molecule has 0 bridgehead atoms. The second-order valence-corrected chi connectivity index (χ2v) is 4.06. The Labute approximate surface area is 109 Å². The fourth-order valence-corrected chi connectivity index (χ4v) is 1.60. The topological polar surface area (TPSA) is 67.2 Å². The summed E-state index contributed by atoms with van der Waals surface area (Å²) >= 11 is 5.83. The van der Waals surface area contributed by atoms with Crippen molar-refractivity contribution in [1.82, 2.24) is 10.3 Å². The number of nitrogens with one attached hydrogen (secondary N) is 2. The largest absolute Gasteiger partial charge is 0.447 e.